The van der Waals surface area contributed by atoms with Crippen LogP contribution in [0.25, 0.3) is 0 Å². The molecule has 0 atom stereocenters. The molecule has 1 aromatic carbocycles. The Kier molecular flexibility index (Phi) is 5.40. The second-order valence-corrected chi connectivity index (χ2v) is 6.51. The molecule has 0 bridgehead atoms. The number of hydrogen-bond acceptors (Lipinski definition) is 3. The van der Waals surface area contributed by atoms with Crippen molar-refractivity contribution in [3.05, 3.63) is 29.8 Å². The van der Waals surface area contributed by atoms with Crippen LogP contribution in [0, 0.1) is 5.41 Å². The van der Waals surface area contributed by atoms with E-state index in [0.29, 0.717) is 13.1 Å². The highest BCUT2D eigenvalue weighted by atomic mass is 16.5. The Morgan fingerprint density at radius 1 is 1.19 bits per heavy atom. The molecule has 0 aliphatic rings. The van der Waals surface area contributed by atoms with Crippen LogP contribution in [-0.2, 0) is 11.3 Å². The van der Waals surface area contributed by atoms with Crippen molar-refractivity contribution in [2.45, 2.75) is 46.7 Å². The number of nitrogens with two attached hydrogens (primary N) is 1. The molecule has 0 unspecified atom stereocenters. The van der Waals surface area contributed by atoms with Gasteiger partial charge in [0.15, 0.2) is 0 Å². The first-order valence-corrected chi connectivity index (χ1v) is 7.34. The van der Waals surface area contributed by atoms with Crippen molar-refractivity contribution in [1.29, 1.82) is 0 Å². The van der Waals surface area contributed by atoms with E-state index < -0.39 is 11.0 Å². The first-order valence-electron chi connectivity index (χ1n) is 7.34. The molecule has 0 radical (unpaired) electrons. The largest absolute Gasteiger partial charge is 0.497 e. The Balaban J connectivity index is 2.90. The third-order valence-corrected chi connectivity index (χ3v) is 4.35. The summed E-state index contributed by atoms with van der Waals surface area (Å²) in [5, 5.41) is 0. The average molecular weight is 292 g/mol. The van der Waals surface area contributed by atoms with Crippen molar-refractivity contribution in [3.63, 3.8) is 0 Å². The number of nitrogens with zero attached hydrogens (tertiary/aromatic N) is 1. The second kappa shape index (κ2) is 6.48. The number of carbonyl (C=O) groups excluding carboxylic acids is 1. The minimum absolute atomic E-state index is 0.0771. The topological polar surface area (TPSA) is 55.6 Å². The molecule has 4 nitrogen and oxygen atoms in total. The van der Waals surface area contributed by atoms with Crippen LogP contribution in [0.3, 0.4) is 0 Å². The van der Waals surface area contributed by atoms with Crippen LogP contribution in [0.2, 0.25) is 0 Å². The second-order valence-electron chi connectivity index (χ2n) is 6.51. The summed E-state index contributed by atoms with van der Waals surface area (Å²) >= 11 is 0. The summed E-state index contributed by atoms with van der Waals surface area (Å²) in [6.45, 7) is 10.8. The standard InChI is InChI=1S/C17H28N2O2/c1-7-19(15(20)16(2,3)17(4,5)18)12-13-8-10-14(21-6)11-9-13/h8-11H,7,12,18H2,1-6H3. The molecule has 0 aromatic heterocycles. The lowest BCUT2D eigenvalue weighted by atomic mass is 9.74. The highest BCUT2D eigenvalue weighted by Crippen LogP contribution is 2.31. The van der Waals surface area contributed by atoms with Gasteiger partial charge in [-0.05, 0) is 52.3 Å². The average Bonchev–Trinajstić information content (AvgIpc) is 2.43. The zero-order valence-corrected chi connectivity index (χ0v) is 14.1. The van der Waals surface area contributed by atoms with E-state index in [1.54, 1.807) is 7.11 Å². The Labute approximate surface area is 128 Å². The normalized spacial score (nSPS) is 12.1. The molecule has 2 N–H and O–H groups in total. The molecule has 118 valence electrons. The minimum atomic E-state index is -0.616. The van der Waals surface area contributed by atoms with Gasteiger partial charge in [0.05, 0.1) is 12.5 Å². The van der Waals surface area contributed by atoms with Crippen LogP contribution >= 0.6 is 0 Å². The van der Waals surface area contributed by atoms with Crippen LogP contribution in [0.1, 0.15) is 40.2 Å². The maximum absolute atomic E-state index is 12.8. The molecule has 0 aliphatic carbocycles. The van der Waals surface area contributed by atoms with Crippen molar-refractivity contribution in [2.75, 3.05) is 13.7 Å². The van der Waals surface area contributed by atoms with E-state index in [0.717, 1.165) is 11.3 Å². The highest BCUT2D eigenvalue weighted by molar-refractivity contribution is 5.83. The van der Waals surface area contributed by atoms with Gasteiger partial charge >= 0.3 is 0 Å². The van der Waals surface area contributed by atoms with Crippen LogP contribution in [0.5, 0.6) is 5.75 Å². The summed E-state index contributed by atoms with van der Waals surface area (Å²) in [4.78, 5) is 14.6. The molecule has 4 heteroatoms. The molecule has 0 saturated heterocycles. The Morgan fingerprint density at radius 3 is 2.10 bits per heavy atom. The maximum atomic E-state index is 12.8. The first-order chi connectivity index (χ1) is 9.63. The Bertz CT molecular complexity index is 473. The highest BCUT2D eigenvalue weighted by Gasteiger charge is 2.42. The van der Waals surface area contributed by atoms with Crippen LogP contribution in [-0.4, -0.2) is 30.0 Å². The molecular formula is C17H28N2O2. The van der Waals surface area contributed by atoms with E-state index in [-0.39, 0.29) is 5.91 Å². The van der Waals surface area contributed by atoms with Crippen LogP contribution in [0.15, 0.2) is 24.3 Å². The lowest BCUT2D eigenvalue weighted by Crippen LogP contribution is -2.56. The molecule has 1 amide bonds. The summed E-state index contributed by atoms with van der Waals surface area (Å²) in [6.07, 6.45) is 0. The van der Waals surface area contributed by atoms with Crippen LogP contribution < -0.4 is 10.5 Å². The Hall–Kier alpha value is -1.55. The molecule has 1 rings (SSSR count). The van der Waals surface area contributed by atoms with Gasteiger partial charge in [0, 0.05) is 18.6 Å². The first kappa shape index (κ1) is 17.5. The van der Waals surface area contributed by atoms with E-state index in [1.165, 1.54) is 0 Å². The molecule has 0 saturated carbocycles. The van der Waals surface area contributed by atoms with Gasteiger partial charge in [0.25, 0.3) is 0 Å². The molecular weight excluding hydrogens is 264 g/mol. The van der Waals surface area contributed by atoms with Gasteiger partial charge < -0.3 is 15.4 Å². The minimum Gasteiger partial charge on any atom is -0.497 e. The number of ether oxygens (including phenoxy) is 1. The summed E-state index contributed by atoms with van der Waals surface area (Å²) in [6, 6.07) is 7.78. The zero-order chi connectivity index (χ0) is 16.3. The van der Waals surface area contributed by atoms with E-state index in [1.807, 2.05) is 63.8 Å². The lowest BCUT2D eigenvalue weighted by molar-refractivity contribution is -0.144. The van der Waals surface area contributed by atoms with Gasteiger partial charge in [-0.25, -0.2) is 0 Å². The maximum Gasteiger partial charge on any atom is 0.230 e. The summed E-state index contributed by atoms with van der Waals surface area (Å²) < 4.78 is 5.15. The number of amides is 1. The Morgan fingerprint density at radius 2 is 1.71 bits per heavy atom. The molecule has 21 heavy (non-hydrogen) atoms. The number of carbonyl (C=O) groups is 1. The van der Waals surface area contributed by atoms with E-state index in [2.05, 4.69) is 0 Å². The number of rotatable bonds is 6. The summed E-state index contributed by atoms with van der Waals surface area (Å²) in [5.41, 5.74) is 6.07. The van der Waals surface area contributed by atoms with Gasteiger partial charge in [-0.1, -0.05) is 12.1 Å². The van der Waals surface area contributed by atoms with E-state index in [4.69, 9.17) is 10.5 Å². The lowest BCUT2D eigenvalue weighted by Gasteiger charge is -2.40. The fourth-order valence-corrected chi connectivity index (χ4v) is 1.95. The smallest absolute Gasteiger partial charge is 0.230 e. The predicted molar refractivity (Wildman–Crippen MR) is 86.1 cm³/mol. The van der Waals surface area contributed by atoms with Crippen molar-refractivity contribution >= 4 is 5.91 Å². The SMILES string of the molecule is CCN(Cc1ccc(OC)cc1)C(=O)C(C)(C)C(C)(C)N. The van der Waals surface area contributed by atoms with Crippen molar-refractivity contribution < 1.29 is 9.53 Å². The third kappa shape index (κ3) is 3.97. The predicted octanol–water partition coefficient (Wildman–Crippen LogP) is 2.81. The van der Waals surface area contributed by atoms with E-state index >= 15 is 0 Å². The molecule has 0 heterocycles. The summed E-state index contributed by atoms with van der Waals surface area (Å²) in [7, 11) is 1.64. The van der Waals surface area contributed by atoms with E-state index in [9.17, 15) is 4.79 Å². The number of methoxy groups -OCH3 is 1. The molecule has 0 spiro atoms. The monoisotopic (exact) mass is 292 g/mol. The molecule has 1 aromatic rings. The fourth-order valence-electron chi connectivity index (χ4n) is 1.95. The molecule has 0 aliphatic heterocycles. The quantitative estimate of drug-likeness (QED) is 0.877. The van der Waals surface area contributed by atoms with Gasteiger partial charge in [0.1, 0.15) is 5.75 Å². The van der Waals surface area contributed by atoms with Gasteiger partial charge in [-0.2, -0.15) is 0 Å². The number of hydrogen-bond donors (Lipinski definition) is 1. The van der Waals surface area contributed by atoms with Crippen molar-refractivity contribution in [2.24, 2.45) is 11.1 Å². The van der Waals surface area contributed by atoms with Crippen molar-refractivity contribution in [3.8, 4) is 5.75 Å². The summed E-state index contributed by atoms with van der Waals surface area (Å²) in [5.74, 6) is 0.893. The van der Waals surface area contributed by atoms with Gasteiger partial charge in [-0.3, -0.25) is 4.79 Å². The third-order valence-electron chi connectivity index (χ3n) is 4.35. The van der Waals surface area contributed by atoms with Gasteiger partial charge in [0.2, 0.25) is 5.91 Å². The number of benzene rings is 1. The zero-order valence-electron chi connectivity index (χ0n) is 14.1. The van der Waals surface area contributed by atoms with Gasteiger partial charge in [-0.15, -0.1) is 0 Å². The van der Waals surface area contributed by atoms with Crippen LogP contribution in [0.4, 0.5) is 0 Å². The fraction of sp³-hybridized carbons (Fsp3) is 0.588. The molecule has 0 fully saturated rings. The van der Waals surface area contributed by atoms with Crippen molar-refractivity contribution in [1.82, 2.24) is 4.90 Å².